The first-order chi connectivity index (χ1) is 7.22. The molecule has 0 aliphatic rings. The molecule has 2 rings (SSSR count). The molecule has 0 fully saturated rings. The predicted octanol–water partition coefficient (Wildman–Crippen LogP) is 1.67. The maximum atomic E-state index is 4.32. The Kier molecular flexibility index (Phi) is 2.53. The zero-order valence-electron chi connectivity index (χ0n) is 9.23. The summed E-state index contributed by atoms with van der Waals surface area (Å²) >= 11 is 0. The van der Waals surface area contributed by atoms with E-state index in [2.05, 4.69) is 41.0 Å². The summed E-state index contributed by atoms with van der Waals surface area (Å²) in [5.41, 5.74) is 1.73. The summed E-state index contributed by atoms with van der Waals surface area (Å²) in [6, 6.07) is 0.342. The van der Waals surface area contributed by atoms with Crippen LogP contribution in [0.5, 0.6) is 0 Å². The third-order valence-electron chi connectivity index (χ3n) is 2.17. The second-order valence-corrected chi connectivity index (χ2v) is 3.72. The molecule has 0 radical (unpaired) electrons. The van der Waals surface area contributed by atoms with E-state index < -0.39 is 0 Å². The lowest BCUT2D eigenvalue weighted by Gasteiger charge is -2.08. The van der Waals surface area contributed by atoms with Gasteiger partial charge in [-0.3, -0.25) is 0 Å². The minimum absolute atomic E-state index is 0.342. The zero-order valence-corrected chi connectivity index (χ0v) is 9.23. The van der Waals surface area contributed by atoms with Gasteiger partial charge in [0.05, 0.1) is 6.33 Å². The molecule has 0 aromatic carbocycles. The Morgan fingerprint density at radius 2 is 2.13 bits per heavy atom. The van der Waals surface area contributed by atoms with Crippen LogP contribution in [-0.2, 0) is 6.54 Å². The van der Waals surface area contributed by atoms with E-state index in [0.29, 0.717) is 6.04 Å². The second-order valence-electron chi connectivity index (χ2n) is 3.72. The molecule has 0 saturated carbocycles. The van der Waals surface area contributed by atoms with Gasteiger partial charge in [0.15, 0.2) is 11.5 Å². The molecule has 0 unspecified atom stereocenters. The molecule has 2 heterocycles. The minimum Gasteiger partial charge on any atom is -0.366 e. The van der Waals surface area contributed by atoms with Gasteiger partial charge in [0.25, 0.3) is 0 Å². The van der Waals surface area contributed by atoms with Crippen LogP contribution < -0.4 is 5.32 Å². The topological polar surface area (TPSA) is 55.6 Å². The first-order valence-electron chi connectivity index (χ1n) is 5.14. The molecule has 15 heavy (non-hydrogen) atoms. The molecule has 0 saturated heterocycles. The standard InChI is InChI=1S/C10H15N5/c1-4-15-6-13-8-9(14-7(2)3)11-5-12-10(8)15/h5-7H,4H2,1-3H3,(H,11,12,14). The average Bonchev–Trinajstić information content (AvgIpc) is 2.61. The molecule has 0 aliphatic heterocycles. The normalized spacial score (nSPS) is 11.2. The fraction of sp³-hybridized carbons (Fsp3) is 0.500. The van der Waals surface area contributed by atoms with Crippen LogP contribution in [0.2, 0.25) is 0 Å². The van der Waals surface area contributed by atoms with E-state index in [1.165, 1.54) is 0 Å². The lowest BCUT2D eigenvalue weighted by atomic mass is 10.4. The molecule has 5 nitrogen and oxygen atoms in total. The largest absolute Gasteiger partial charge is 0.366 e. The monoisotopic (exact) mass is 205 g/mol. The lowest BCUT2D eigenvalue weighted by molar-refractivity contribution is 0.777. The predicted molar refractivity (Wildman–Crippen MR) is 59.8 cm³/mol. The van der Waals surface area contributed by atoms with Crippen LogP contribution in [0.15, 0.2) is 12.7 Å². The van der Waals surface area contributed by atoms with E-state index in [0.717, 1.165) is 23.5 Å². The Morgan fingerprint density at radius 1 is 1.33 bits per heavy atom. The molecule has 5 heteroatoms. The van der Waals surface area contributed by atoms with Gasteiger partial charge < -0.3 is 9.88 Å². The number of anilines is 1. The van der Waals surface area contributed by atoms with Gasteiger partial charge in [0.1, 0.15) is 11.8 Å². The van der Waals surface area contributed by atoms with Crippen molar-refractivity contribution in [2.45, 2.75) is 33.4 Å². The number of nitrogens with zero attached hydrogens (tertiary/aromatic N) is 4. The van der Waals surface area contributed by atoms with Gasteiger partial charge in [0, 0.05) is 12.6 Å². The molecular formula is C10H15N5. The van der Waals surface area contributed by atoms with Crippen LogP contribution in [0.1, 0.15) is 20.8 Å². The Hall–Kier alpha value is -1.65. The maximum Gasteiger partial charge on any atom is 0.165 e. The van der Waals surface area contributed by atoms with Gasteiger partial charge in [-0.2, -0.15) is 0 Å². The number of hydrogen-bond acceptors (Lipinski definition) is 4. The summed E-state index contributed by atoms with van der Waals surface area (Å²) in [6.45, 7) is 7.09. The van der Waals surface area contributed by atoms with Gasteiger partial charge in [-0.15, -0.1) is 0 Å². The zero-order chi connectivity index (χ0) is 10.8. The molecule has 1 N–H and O–H groups in total. The van der Waals surface area contributed by atoms with Crippen molar-refractivity contribution >= 4 is 17.0 Å². The molecule has 0 amide bonds. The van der Waals surface area contributed by atoms with Crippen molar-refractivity contribution in [3.8, 4) is 0 Å². The van der Waals surface area contributed by atoms with Crippen molar-refractivity contribution in [3.05, 3.63) is 12.7 Å². The molecule has 0 spiro atoms. The van der Waals surface area contributed by atoms with Crippen molar-refractivity contribution in [2.24, 2.45) is 0 Å². The number of hydrogen-bond donors (Lipinski definition) is 1. The first kappa shape index (κ1) is 9.89. The molecule has 0 aliphatic carbocycles. The molecule has 0 atom stereocenters. The second kappa shape index (κ2) is 3.84. The number of fused-ring (bicyclic) bond motifs is 1. The highest BCUT2D eigenvalue weighted by molar-refractivity contribution is 5.82. The third kappa shape index (κ3) is 1.77. The van der Waals surface area contributed by atoms with Crippen molar-refractivity contribution in [1.82, 2.24) is 19.5 Å². The third-order valence-corrected chi connectivity index (χ3v) is 2.17. The van der Waals surface area contributed by atoms with Crippen molar-refractivity contribution < 1.29 is 0 Å². The van der Waals surface area contributed by atoms with Gasteiger partial charge in [-0.1, -0.05) is 0 Å². The van der Waals surface area contributed by atoms with Crippen LogP contribution in [0.3, 0.4) is 0 Å². The van der Waals surface area contributed by atoms with E-state index in [9.17, 15) is 0 Å². The Balaban J connectivity index is 2.52. The van der Waals surface area contributed by atoms with E-state index >= 15 is 0 Å². The van der Waals surface area contributed by atoms with Gasteiger partial charge in [0.2, 0.25) is 0 Å². The van der Waals surface area contributed by atoms with Crippen LogP contribution in [-0.4, -0.2) is 25.6 Å². The van der Waals surface area contributed by atoms with Crippen LogP contribution >= 0.6 is 0 Å². The van der Waals surface area contributed by atoms with Gasteiger partial charge in [-0.05, 0) is 20.8 Å². The molecule has 0 bridgehead atoms. The quantitative estimate of drug-likeness (QED) is 0.828. The van der Waals surface area contributed by atoms with Crippen LogP contribution in [0, 0.1) is 0 Å². The van der Waals surface area contributed by atoms with E-state index in [1.54, 1.807) is 12.7 Å². The summed E-state index contributed by atoms with van der Waals surface area (Å²) < 4.78 is 2.00. The maximum absolute atomic E-state index is 4.32. The van der Waals surface area contributed by atoms with E-state index in [4.69, 9.17) is 0 Å². The van der Waals surface area contributed by atoms with Crippen LogP contribution in [0.25, 0.3) is 11.2 Å². The Labute approximate surface area is 88.6 Å². The van der Waals surface area contributed by atoms with Crippen LogP contribution in [0.4, 0.5) is 5.82 Å². The number of aromatic nitrogens is 4. The fourth-order valence-corrected chi connectivity index (χ4v) is 1.49. The summed E-state index contributed by atoms with van der Waals surface area (Å²) in [5, 5.41) is 3.26. The average molecular weight is 205 g/mol. The summed E-state index contributed by atoms with van der Waals surface area (Å²) in [6.07, 6.45) is 3.37. The number of rotatable bonds is 3. The molecule has 80 valence electrons. The number of aryl methyl sites for hydroxylation is 1. The highest BCUT2D eigenvalue weighted by Gasteiger charge is 2.09. The summed E-state index contributed by atoms with van der Waals surface area (Å²) in [7, 11) is 0. The smallest absolute Gasteiger partial charge is 0.165 e. The summed E-state index contributed by atoms with van der Waals surface area (Å²) in [4.78, 5) is 12.7. The van der Waals surface area contributed by atoms with Crippen molar-refractivity contribution in [2.75, 3.05) is 5.32 Å². The summed E-state index contributed by atoms with van der Waals surface area (Å²) in [5.74, 6) is 0.808. The molecule has 2 aromatic heterocycles. The van der Waals surface area contributed by atoms with Crippen molar-refractivity contribution in [1.29, 1.82) is 0 Å². The highest BCUT2D eigenvalue weighted by Crippen LogP contribution is 2.17. The Morgan fingerprint density at radius 3 is 2.80 bits per heavy atom. The molecular weight excluding hydrogens is 190 g/mol. The van der Waals surface area contributed by atoms with Gasteiger partial charge >= 0.3 is 0 Å². The Bertz CT molecular complexity index is 460. The van der Waals surface area contributed by atoms with E-state index in [-0.39, 0.29) is 0 Å². The number of imidazole rings is 1. The SMILES string of the molecule is CCn1cnc2c(NC(C)C)ncnc21. The molecule has 2 aromatic rings. The highest BCUT2D eigenvalue weighted by atomic mass is 15.1. The first-order valence-corrected chi connectivity index (χ1v) is 5.14. The number of nitrogens with one attached hydrogen (secondary N) is 1. The van der Waals surface area contributed by atoms with Gasteiger partial charge in [-0.25, -0.2) is 15.0 Å². The van der Waals surface area contributed by atoms with Crippen molar-refractivity contribution in [3.63, 3.8) is 0 Å². The fourth-order valence-electron chi connectivity index (χ4n) is 1.49. The van der Waals surface area contributed by atoms with E-state index in [1.807, 2.05) is 4.57 Å². The minimum atomic E-state index is 0.342. The lowest BCUT2D eigenvalue weighted by Crippen LogP contribution is -2.11.